The Kier molecular flexibility index (Phi) is 6.96. The Bertz CT molecular complexity index is 168. The van der Waals surface area contributed by atoms with Gasteiger partial charge in [0, 0.05) is 19.6 Å². The minimum absolute atomic E-state index is 0.630. The van der Waals surface area contributed by atoms with Crippen molar-refractivity contribution in [2.45, 2.75) is 12.8 Å². The summed E-state index contributed by atoms with van der Waals surface area (Å²) in [5, 5.41) is 0. The van der Waals surface area contributed by atoms with E-state index in [2.05, 4.69) is 23.9 Å². The zero-order valence-electron chi connectivity index (χ0n) is 10.8. The summed E-state index contributed by atoms with van der Waals surface area (Å²) in [7, 11) is 4.32. The highest BCUT2D eigenvalue weighted by Crippen LogP contribution is 2.17. The molecular formula is C12H27N3O. The average molecular weight is 229 g/mol. The highest BCUT2D eigenvalue weighted by Gasteiger charge is 2.18. The molecule has 0 aromatic rings. The van der Waals surface area contributed by atoms with Crippen molar-refractivity contribution in [2.75, 3.05) is 60.0 Å². The fraction of sp³-hybridized carbons (Fsp3) is 1.00. The summed E-state index contributed by atoms with van der Waals surface area (Å²) in [6.45, 7) is 6.90. The van der Waals surface area contributed by atoms with E-state index in [1.54, 1.807) is 0 Å². The van der Waals surface area contributed by atoms with Crippen molar-refractivity contribution in [3.05, 3.63) is 0 Å². The van der Waals surface area contributed by atoms with Gasteiger partial charge in [-0.3, -0.25) is 0 Å². The predicted octanol–water partition coefficient (Wildman–Crippen LogP) is 0.235. The average Bonchev–Trinajstić information content (AvgIpc) is 2.26. The van der Waals surface area contributed by atoms with Crippen LogP contribution in [0.4, 0.5) is 0 Å². The molecule has 0 bridgehead atoms. The van der Waals surface area contributed by atoms with Gasteiger partial charge in [0.2, 0.25) is 0 Å². The van der Waals surface area contributed by atoms with Gasteiger partial charge in [0.15, 0.2) is 0 Å². The smallest absolute Gasteiger partial charge is 0.0594 e. The number of likely N-dealkylation sites (tertiary alicyclic amines) is 1. The molecule has 0 unspecified atom stereocenters. The molecule has 0 aromatic carbocycles. The molecule has 0 saturated carbocycles. The highest BCUT2D eigenvalue weighted by atomic mass is 16.5. The quantitative estimate of drug-likeness (QED) is 0.635. The van der Waals surface area contributed by atoms with Crippen molar-refractivity contribution in [2.24, 2.45) is 11.7 Å². The SMILES string of the molecule is CN(C)CC1CCN(CCOCCN)CC1. The molecule has 1 heterocycles. The lowest BCUT2D eigenvalue weighted by Gasteiger charge is -2.33. The summed E-state index contributed by atoms with van der Waals surface area (Å²) in [5.41, 5.74) is 5.37. The first-order valence-corrected chi connectivity index (χ1v) is 6.37. The van der Waals surface area contributed by atoms with Crippen LogP contribution in [0.25, 0.3) is 0 Å². The van der Waals surface area contributed by atoms with E-state index in [1.807, 2.05) is 0 Å². The number of hydrogen-bond donors (Lipinski definition) is 1. The van der Waals surface area contributed by atoms with Crippen molar-refractivity contribution >= 4 is 0 Å². The second-order valence-corrected chi connectivity index (χ2v) is 4.95. The molecule has 0 aliphatic carbocycles. The molecule has 0 spiro atoms. The van der Waals surface area contributed by atoms with Crippen LogP contribution in [-0.2, 0) is 4.74 Å². The van der Waals surface area contributed by atoms with E-state index in [0.717, 1.165) is 19.1 Å². The van der Waals surface area contributed by atoms with Crippen LogP contribution in [-0.4, -0.2) is 69.8 Å². The molecule has 1 aliphatic rings. The number of nitrogens with two attached hydrogens (primary N) is 1. The van der Waals surface area contributed by atoms with Crippen LogP contribution in [0.15, 0.2) is 0 Å². The summed E-state index contributed by atoms with van der Waals surface area (Å²) >= 11 is 0. The first-order valence-electron chi connectivity index (χ1n) is 6.37. The maximum absolute atomic E-state index is 5.40. The molecule has 1 rings (SSSR count). The van der Waals surface area contributed by atoms with Crippen molar-refractivity contribution in [1.29, 1.82) is 0 Å². The van der Waals surface area contributed by atoms with E-state index in [0.29, 0.717) is 13.2 Å². The van der Waals surface area contributed by atoms with Gasteiger partial charge in [-0.15, -0.1) is 0 Å². The standard InChI is InChI=1S/C12H27N3O/c1-14(2)11-12-3-6-15(7-4-12)8-10-16-9-5-13/h12H,3-11,13H2,1-2H3. The number of rotatable bonds is 7. The third-order valence-corrected chi connectivity index (χ3v) is 3.14. The fourth-order valence-electron chi connectivity index (χ4n) is 2.29. The molecule has 1 aliphatic heterocycles. The van der Waals surface area contributed by atoms with E-state index >= 15 is 0 Å². The number of piperidine rings is 1. The number of hydrogen-bond acceptors (Lipinski definition) is 4. The van der Waals surface area contributed by atoms with E-state index in [9.17, 15) is 0 Å². The molecule has 1 saturated heterocycles. The second-order valence-electron chi connectivity index (χ2n) is 4.95. The summed E-state index contributed by atoms with van der Waals surface area (Å²) in [4.78, 5) is 4.80. The van der Waals surface area contributed by atoms with Crippen LogP contribution in [0, 0.1) is 5.92 Å². The minimum atomic E-state index is 0.630. The van der Waals surface area contributed by atoms with Crippen LogP contribution in [0.5, 0.6) is 0 Å². The molecule has 0 atom stereocenters. The van der Waals surface area contributed by atoms with Crippen molar-refractivity contribution < 1.29 is 4.74 Å². The lowest BCUT2D eigenvalue weighted by molar-refractivity contribution is 0.0889. The van der Waals surface area contributed by atoms with Crippen LogP contribution in [0.2, 0.25) is 0 Å². The first-order chi connectivity index (χ1) is 7.72. The molecule has 4 nitrogen and oxygen atoms in total. The normalized spacial score (nSPS) is 19.5. The largest absolute Gasteiger partial charge is 0.379 e. The van der Waals surface area contributed by atoms with E-state index in [1.165, 1.54) is 32.5 Å². The minimum Gasteiger partial charge on any atom is -0.379 e. The van der Waals surface area contributed by atoms with Gasteiger partial charge < -0.3 is 20.3 Å². The number of ether oxygens (including phenoxy) is 1. The zero-order chi connectivity index (χ0) is 11.8. The lowest BCUT2D eigenvalue weighted by atomic mass is 9.96. The van der Waals surface area contributed by atoms with Crippen LogP contribution in [0.1, 0.15) is 12.8 Å². The van der Waals surface area contributed by atoms with Gasteiger partial charge in [0.25, 0.3) is 0 Å². The third-order valence-electron chi connectivity index (χ3n) is 3.14. The van der Waals surface area contributed by atoms with Crippen LogP contribution in [0.3, 0.4) is 0 Å². The van der Waals surface area contributed by atoms with Crippen molar-refractivity contribution in [3.8, 4) is 0 Å². The van der Waals surface area contributed by atoms with Crippen LogP contribution >= 0.6 is 0 Å². The Morgan fingerprint density at radius 1 is 1.25 bits per heavy atom. The molecule has 1 fully saturated rings. The van der Waals surface area contributed by atoms with Crippen molar-refractivity contribution in [3.63, 3.8) is 0 Å². The van der Waals surface area contributed by atoms with E-state index in [4.69, 9.17) is 10.5 Å². The van der Waals surface area contributed by atoms with E-state index < -0.39 is 0 Å². The topological polar surface area (TPSA) is 41.7 Å². The monoisotopic (exact) mass is 229 g/mol. The zero-order valence-corrected chi connectivity index (χ0v) is 10.8. The van der Waals surface area contributed by atoms with Gasteiger partial charge in [-0.1, -0.05) is 0 Å². The summed E-state index contributed by atoms with van der Waals surface area (Å²) in [6, 6.07) is 0. The Labute approximate surface area is 99.7 Å². The van der Waals surface area contributed by atoms with Crippen LogP contribution < -0.4 is 5.73 Å². The van der Waals surface area contributed by atoms with Gasteiger partial charge >= 0.3 is 0 Å². The Morgan fingerprint density at radius 3 is 2.50 bits per heavy atom. The molecule has 2 N–H and O–H groups in total. The fourth-order valence-corrected chi connectivity index (χ4v) is 2.29. The van der Waals surface area contributed by atoms with Gasteiger partial charge in [-0.25, -0.2) is 0 Å². The molecule has 16 heavy (non-hydrogen) atoms. The van der Waals surface area contributed by atoms with Gasteiger partial charge in [-0.2, -0.15) is 0 Å². The first kappa shape index (κ1) is 13.9. The van der Waals surface area contributed by atoms with Gasteiger partial charge in [-0.05, 0) is 45.9 Å². The van der Waals surface area contributed by atoms with E-state index in [-0.39, 0.29) is 0 Å². The molecule has 96 valence electrons. The molecular weight excluding hydrogens is 202 g/mol. The number of nitrogens with zero attached hydrogens (tertiary/aromatic N) is 2. The van der Waals surface area contributed by atoms with Crippen molar-refractivity contribution in [1.82, 2.24) is 9.80 Å². The Hall–Kier alpha value is -0.160. The summed E-state index contributed by atoms with van der Waals surface area (Å²) < 4.78 is 5.40. The van der Waals surface area contributed by atoms with Gasteiger partial charge in [0.05, 0.1) is 13.2 Å². The molecule has 0 aromatic heterocycles. The maximum Gasteiger partial charge on any atom is 0.0594 e. The second kappa shape index (κ2) is 8.01. The third kappa shape index (κ3) is 5.80. The highest BCUT2D eigenvalue weighted by molar-refractivity contribution is 4.73. The summed E-state index contributed by atoms with van der Waals surface area (Å²) in [6.07, 6.45) is 2.66. The maximum atomic E-state index is 5.40. The van der Waals surface area contributed by atoms with Gasteiger partial charge in [0.1, 0.15) is 0 Å². The Balaban J connectivity index is 2.03. The molecule has 0 amide bonds. The predicted molar refractivity (Wildman–Crippen MR) is 67.6 cm³/mol. The Morgan fingerprint density at radius 2 is 1.94 bits per heavy atom. The lowest BCUT2D eigenvalue weighted by Crippen LogP contribution is -2.38. The molecule has 0 radical (unpaired) electrons. The molecule has 4 heteroatoms. The summed E-state index contributed by atoms with van der Waals surface area (Å²) in [5.74, 6) is 0.885.